The van der Waals surface area contributed by atoms with Crippen LogP contribution in [-0.4, -0.2) is 22.7 Å². The summed E-state index contributed by atoms with van der Waals surface area (Å²) in [5, 5.41) is 14.9. The number of nitrogens with zero attached hydrogens (tertiary/aromatic N) is 3. The van der Waals surface area contributed by atoms with Crippen molar-refractivity contribution in [2.75, 3.05) is 6.54 Å². The largest absolute Gasteiger partial charge is 0.340 e. The molecule has 1 atom stereocenters. The molecule has 0 aromatic carbocycles. The van der Waals surface area contributed by atoms with E-state index in [-0.39, 0.29) is 6.04 Å². The minimum atomic E-state index is -0.132. The van der Waals surface area contributed by atoms with Gasteiger partial charge in [-0.2, -0.15) is 10.2 Å². The maximum Gasteiger partial charge on any atom is 0.227 e. The number of nitrogens with one attached hydrogen (secondary N) is 1. The summed E-state index contributed by atoms with van der Waals surface area (Å²) >= 11 is 0. The van der Waals surface area contributed by atoms with E-state index in [1.54, 1.807) is 6.92 Å². The highest BCUT2D eigenvalue weighted by molar-refractivity contribution is 4.86. The van der Waals surface area contributed by atoms with Gasteiger partial charge in [0.15, 0.2) is 6.33 Å². The Kier molecular flexibility index (Phi) is 3.23. The van der Waals surface area contributed by atoms with Gasteiger partial charge in [0.2, 0.25) is 5.89 Å². The molecule has 0 bridgehead atoms. The summed E-state index contributed by atoms with van der Waals surface area (Å²) in [4.78, 5) is 3.84. The Morgan fingerprint density at radius 1 is 1.83 bits per heavy atom. The number of hydrogen-bond acceptors (Lipinski definition) is 5. The summed E-state index contributed by atoms with van der Waals surface area (Å²) in [5.41, 5.74) is 0. The van der Waals surface area contributed by atoms with E-state index in [2.05, 4.69) is 21.5 Å². The zero-order valence-electron chi connectivity index (χ0n) is 6.82. The van der Waals surface area contributed by atoms with Crippen molar-refractivity contribution >= 4 is 0 Å². The highest BCUT2D eigenvalue weighted by Gasteiger charge is 2.00. The Morgan fingerprint density at radius 3 is 3.25 bits per heavy atom. The van der Waals surface area contributed by atoms with Gasteiger partial charge in [-0.25, -0.2) is 0 Å². The minimum absolute atomic E-state index is 0.132. The highest BCUT2D eigenvalue weighted by Crippen LogP contribution is 1.90. The van der Waals surface area contributed by atoms with E-state index in [1.165, 1.54) is 6.33 Å². The smallest absolute Gasteiger partial charge is 0.227 e. The molecule has 0 saturated heterocycles. The lowest BCUT2D eigenvalue weighted by Gasteiger charge is -2.02. The molecule has 5 heteroatoms. The second-order valence-electron chi connectivity index (χ2n) is 2.39. The normalized spacial score (nSPS) is 12.3. The molecule has 1 N–H and O–H groups in total. The molecule has 1 aromatic heterocycles. The van der Waals surface area contributed by atoms with Crippen LogP contribution in [0.4, 0.5) is 0 Å². The fraction of sp³-hybridized carbons (Fsp3) is 0.571. The molecule has 0 aliphatic carbocycles. The van der Waals surface area contributed by atoms with Crippen LogP contribution in [0.1, 0.15) is 12.8 Å². The Labute approximate surface area is 70.4 Å². The summed E-state index contributed by atoms with van der Waals surface area (Å²) in [6, 6.07) is 1.94. The van der Waals surface area contributed by atoms with Crippen LogP contribution < -0.4 is 5.32 Å². The Balaban J connectivity index is 2.16. The third-order valence-electron chi connectivity index (χ3n) is 1.39. The van der Waals surface area contributed by atoms with Crippen molar-refractivity contribution in [2.45, 2.75) is 19.4 Å². The lowest BCUT2D eigenvalue weighted by molar-refractivity contribution is 0.374. The van der Waals surface area contributed by atoms with E-state index in [0.717, 1.165) is 0 Å². The van der Waals surface area contributed by atoms with Gasteiger partial charge in [-0.15, -0.1) is 0 Å². The quantitative estimate of drug-likeness (QED) is 0.687. The Hall–Kier alpha value is -1.41. The molecule has 0 radical (unpaired) electrons. The van der Waals surface area contributed by atoms with Gasteiger partial charge in [-0.05, 0) is 6.92 Å². The average Bonchev–Trinajstić information content (AvgIpc) is 2.57. The zero-order chi connectivity index (χ0) is 8.81. The molecular weight excluding hydrogens is 156 g/mol. The number of hydrogen-bond donors (Lipinski definition) is 1. The number of aromatic nitrogens is 2. The monoisotopic (exact) mass is 166 g/mol. The van der Waals surface area contributed by atoms with Gasteiger partial charge in [0.05, 0.1) is 12.1 Å². The molecule has 1 rings (SSSR count). The van der Waals surface area contributed by atoms with Gasteiger partial charge in [0, 0.05) is 13.0 Å². The highest BCUT2D eigenvalue weighted by atomic mass is 16.5. The average molecular weight is 166 g/mol. The maximum atomic E-state index is 8.43. The van der Waals surface area contributed by atoms with E-state index in [9.17, 15) is 0 Å². The Bertz CT molecular complexity index is 251. The SMILES string of the molecule is CC(C#N)NCCc1ncno1. The van der Waals surface area contributed by atoms with E-state index in [0.29, 0.717) is 18.9 Å². The first-order valence-electron chi connectivity index (χ1n) is 3.71. The predicted molar refractivity (Wildman–Crippen MR) is 41.1 cm³/mol. The second kappa shape index (κ2) is 4.46. The van der Waals surface area contributed by atoms with Crippen LogP contribution in [0.15, 0.2) is 10.9 Å². The molecule has 12 heavy (non-hydrogen) atoms. The van der Waals surface area contributed by atoms with Crippen LogP contribution in [0.2, 0.25) is 0 Å². The second-order valence-corrected chi connectivity index (χ2v) is 2.39. The summed E-state index contributed by atoms with van der Waals surface area (Å²) < 4.78 is 4.76. The van der Waals surface area contributed by atoms with Gasteiger partial charge >= 0.3 is 0 Å². The molecule has 0 fully saturated rings. The van der Waals surface area contributed by atoms with Gasteiger partial charge in [0.25, 0.3) is 0 Å². The van der Waals surface area contributed by atoms with Crippen molar-refractivity contribution in [1.82, 2.24) is 15.5 Å². The first-order chi connectivity index (χ1) is 5.83. The van der Waals surface area contributed by atoms with Gasteiger partial charge in [-0.3, -0.25) is 0 Å². The van der Waals surface area contributed by atoms with Crippen molar-refractivity contribution in [2.24, 2.45) is 0 Å². The van der Waals surface area contributed by atoms with Crippen LogP contribution in [0, 0.1) is 11.3 Å². The first kappa shape index (κ1) is 8.68. The molecule has 1 aromatic rings. The Morgan fingerprint density at radius 2 is 2.67 bits per heavy atom. The van der Waals surface area contributed by atoms with Crippen molar-refractivity contribution in [3.63, 3.8) is 0 Å². The first-order valence-corrected chi connectivity index (χ1v) is 3.71. The molecule has 1 heterocycles. The zero-order valence-corrected chi connectivity index (χ0v) is 6.82. The van der Waals surface area contributed by atoms with Crippen LogP contribution in [0.3, 0.4) is 0 Å². The van der Waals surface area contributed by atoms with E-state index in [1.807, 2.05) is 0 Å². The maximum absolute atomic E-state index is 8.43. The molecule has 5 nitrogen and oxygen atoms in total. The molecule has 0 spiro atoms. The van der Waals surface area contributed by atoms with E-state index < -0.39 is 0 Å². The lowest BCUT2D eigenvalue weighted by atomic mass is 10.3. The molecule has 0 saturated carbocycles. The fourth-order valence-corrected chi connectivity index (χ4v) is 0.747. The van der Waals surface area contributed by atoms with E-state index in [4.69, 9.17) is 9.78 Å². The van der Waals surface area contributed by atoms with Crippen molar-refractivity contribution < 1.29 is 4.52 Å². The number of rotatable bonds is 4. The summed E-state index contributed by atoms with van der Waals surface area (Å²) in [6.45, 7) is 2.48. The van der Waals surface area contributed by atoms with Crippen LogP contribution in [0.5, 0.6) is 0 Å². The lowest BCUT2D eigenvalue weighted by Crippen LogP contribution is -2.26. The van der Waals surface area contributed by atoms with Gasteiger partial charge in [0.1, 0.15) is 0 Å². The van der Waals surface area contributed by atoms with Gasteiger partial charge in [-0.1, -0.05) is 5.16 Å². The van der Waals surface area contributed by atoms with Crippen LogP contribution >= 0.6 is 0 Å². The third-order valence-corrected chi connectivity index (χ3v) is 1.39. The molecule has 0 amide bonds. The minimum Gasteiger partial charge on any atom is -0.340 e. The fourth-order valence-electron chi connectivity index (χ4n) is 0.747. The summed E-state index contributed by atoms with van der Waals surface area (Å²) in [5.74, 6) is 0.590. The van der Waals surface area contributed by atoms with Crippen molar-refractivity contribution in [1.29, 1.82) is 5.26 Å². The molecule has 1 unspecified atom stereocenters. The van der Waals surface area contributed by atoms with Crippen LogP contribution in [0.25, 0.3) is 0 Å². The van der Waals surface area contributed by atoms with Crippen LogP contribution in [-0.2, 0) is 6.42 Å². The van der Waals surface area contributed by atoms with Crippen molar-refractivity contribution in [3.8, 4) is 6.07 Å². The van der Waals surface area contributed by atoms with E-state index >= 15 is 0 Å². The molecule has 0 aliphatic rings. The summed E-state index contributed by atoms with van der Waals surface area (Å²) in [7, 11) is 0. The molecule has 64 valence electrons. The third kappa shape index (κ3) is 2.68. The predicted octanol–water partition coefficient (Wildman–Crippen LogP) is 0.114. The van der Waals surface area contributed by atoms with Crippen molar-refractivity contribution in [3.05, 3.63) is 12.2 Å². The standard InChI is InChI=1S/C7H10N4O/c1-6(4-8)9-3-2-7-10-5-11-12-7/h5-6,9H,2-3H2,1H3. The topological polar surface area (TPSA) is 74.7 Å². The summed E-state index contributed by atoms with van der Waals surface area (Å²) in [6.07, 6.45) is 2.02. The van der Waals surface area contributed by atoms with Gasteiger partial charge < -0.3 is 9.84 Å². The number of nitriles is 1. The molecular formula is C7H10N4O. The molecule has 0 aliphatic heterocycles.